The van der Waals surface area contributed by atoms with E-state index < -0.39 is 0 Å². The Morgan fingerprint density at radius 2 is 1.38 bits per heavy atom. The van der Waals surface area contributed by atoms with Crippen molar-refractivity contribution in [3.8, 4) is 11.5 Å². The molecule has 0 atom stereocenters. The summed E-state index contributed by atoms with van der Waals surface area (Å²) in [5.74, 6) is 3.38. The van der Waals surface area contributed by atoms with Gasteiger partial charge in [0.15, 0.2) is 11.5 Å². The highest BCUT2D eigenvalue weighted by atomic mass is 35.5. The van der Waals surface area contributed by atoms with Gasteiger partial charge in [-0.15, -0.1) is 23.5 Å². The summed E-state index contributed by atoms with van der Waals surface area (Å²) in [6, 6.07) is 8.09. The van der Waals surface area contributed by atoms with E-state index in [1.807, 2.05) is 12.1 Å². The van der Waals surface area contributed by atoms with Crippen molar-refractivity contribution in [1.82, 2.24) is 0 Å². The molecule has 0 unspecified atom stereocenters. The second-order valence-corrected chi connectivity index (χ2v) is 10.5. The zero-order valence-electron chi connectivity index (χ0n) is 19.2. The van der Waals surface area contributed by atoms with Crippen molar-refractivity contribution in [2.24, 2.45) is 0 Å². The molecule has 3 nitrogen and oxygen atoms in total. The molecule has 174 valence electrons. The Morgan fingerprint density at radius 3 is 1.75 bits per heavy atom. The fraction of sp³-hybridized carbons (Fsp3) is 0.400. The highest BCUT2D eigenvalue weighted by Gasteiger charge is 2.17. The molecule has 0 saturated heterocycles. The van der Waals surface area contributed by atoms with E-state index in [0.717, 1.165) is 50.8 Å². The first-order valence-corrected chi connectivity index (χ1v) is 13.3. The lowest BCUT2D eigenvalue weighted by Gasteiger charge is -2.17. The van der Waals surface area contributed by atoms with Crippen molar-refractivity contribution in [3.05, 3.63) is 51.5 Å². The van der Waals surface area contributed by atoms with Gasteiger partial charge in [0.25, 0.3) is 0 Å². The quantitative estimate of drug-likeness (QED) is 0.210. The van der Waals surface area contributed by atoms with Crippen LogP contribution in [0.2, 0.25) is 10.0 Å². The number of hydrogen-bond donors (Lipinski definition) is 0. The van der Waals surface area contributed by atoms with Crippen LogP contribution in [0.4, 0.5) is 0 Å². The predicted molar refractivity (Wildman–Crippen MR) is 140 cm³/mol. The highest BCUT2D eigenvalue weighted by Crippen LogP contribution is 2.43. The third kappa shape index (κ3) is 7.11. The van der Waals surface area contributed by atoms with Crippen LogP contribution in [0.1, 0.15) is 51.2 Å². The van der Waals surface area contributed by atoms with Gasteiger partial charge in [0.2, 0.25) is 0 Å². The molecule has 2 aromatic carbocycles. The van der Waals surface area contributed by atoms with Gasteiger partial charge >= 0.3 is 0 Å². The first-order valence-electron chi connectivity index (χ1n) is 10.6. The molecule has 0 fully saturated rings. The summed E-state index contributed by atoms with van der Waals surface area (Å²) in [6.07, 6.45) is 4.29. The van der Waals surface area contributed by atoms with E-state index in [1.54, 1.807) is 44.7 Å². The minimum atomic E-state index is 0.197. The molecule has 0 heterocycles. The smallest absolute Gasteiger partial charge is 0.151 e. The first kappa shape index (κ1) is 27.0. The van der Waals surface area contributed by atoms with Gasteiger partial charge in [0, 0.05) is 6.42 Å². The molecule has 0 aliphatic heterocycles. The van der Waals surface area contributed by atoms with E-state index in [0.29, 0.717) is 28.0 Å². The van der Waals surface area contributed by atoms with E-state index in [2.05, 4.69) is 32.1 Å². The summed E-state index contributed by atoms with van der Waals surface area (Å²) in [5.41, 5.74) is 3.00. The maximum Gasteiger partial charge on any atom is 0.151 e. The lowest BCUT2D eigenvalue weighted by molar-refractivity contribution is -0.117. The van der Waals surface area contributed by atoms with E-state index in [9.17, 15) is 4.79 Å². The molecule has 2 rings (SSSR count). The van der Waals surface area contributed by atoms with Crippen molar-refractivity contribution in [1.29, 1.82) is 0 Å². The lowest BCUT2D eigenvalue weighted by Crippen LogP contribution is -1.96. The lowest BCUT2D eigenvalue weighted by atomic mass is 9.95. The zero-order valence-corrected chi connectivity index (χ0v) is 22.4. The average molecular weight is 514 g/mol. The largest absolute Gasteiger partial charge is 0.494 e. The van der Waals surface area contributed by atoms with Crippen LogP contribution in [0.3, 0.4) is 0 Å². The van der Waals surface area contributed by atoms with Gasteiger partial charge in [0.05, 0.1) is 34.1 Å². The molecule has 0 N–H and O–H groups in total. The number of benzene rings is 2. The van der Waals surface area contributed by atoms with Crippen molar-refractivity contribution < 1.29 is 14.3 Å². The number of halogens is 2. The Morgan fingerprint density at radius 1 is 0.906 bits per heavy atom. The summed E-state index contributed by atoms with van der Waals surface area (Å²) in [5, 5.41) is 1.14. The summed E-state index contributed by atoms with van der Waals surface area (Å²) in [7, 11) is 3.27. The molecule has 0 amide bonds. The number of carbonyl (C=O) groups excluding carboxylic acids is 1. The summed E-state index contributed by atoms with van der Waals surface area (Å²) in [6.45, 7) is 5.82. The van der Waals surface area contributed by atoms with Crippen LogP contribution in [0.15, 0.2) is 40.1 Å². The van der Waals surface area contributed by atoms with E-state index in [1.165, 1.54) is 0 Å². The number of thioether (sulfide) groups is 2. The molecule has 2 aromatic rings. The third-order valence-corrected chi connectivity index (χ3v) is 7.10. The Kier molecular flexibility index (Phi) is 11.3. The van der Waals surface area contributed by atoms with Crippen LogP contribution < -0.4 is 9.47 Å². The second-order valence-electron chi connectivity index (χ2n) is 7.06. The molecule has 0 radical (unpaired) electrons. The van der Waals surface area contributed by atoms with Crippen molar-refractivity contribution >= 4 is 58.1 Å². The van der Waals surface area contributed by atoms with Gasteiger partial charge in [-0.25, -0.2) is 0 Å². The zero-order chi connectivity index (χ0) is 23.7. The van der Waals surface area contributed by atoms with Gasteiger partial charge < -0.3 is 14.3 Å². The molecule has 0 bridgehead atoms. The Labute approximate surface area is 210 Å². The molecule has 0 aromatic heterocycles. The minimum absolute atomic E-state index is 0.197. The van der Waals surface area contributed by atoms with Crippen molar-refractivity contribution in [2.45, 2.75) is 49.8 Å². The Balaban J connectivity index is 2.64. The van der Waals surface area contributed by atoms with Gasteiger partial charge in [0.1, 0.15) is 5.78 Å². The van der Waals surface area contributed by atoms with Gasteiger partial charge in [-0.05, 0) is 72.2 Å². The standard InChI is InChI=1S/C25H30Cl2O3S2/c1-6-31-22-14-17(12-20(26)24(22)29-4)19(11-9-8-10-16(3)28)18-13-21(27)25(30-5)23(15-18)32-7-2/h11-15H,6-10H2,1-5H3. The van der Waals surface area contributed by atoms with Crippen LogP contribution in [-0.2, 0) is 4.79 Å². The maximum absolute atomic E-state index is 11.4. The highest BCUT2D eigenvalue weighted by molar-refractivity contribution is 7.99. The molecular weight excluding hydrogens is 483 g/mol. The summed E-state index contributed by atoms with van der Waals surface area (Å²) in [4.78, 5) is 13.4. The predicted octanol–water partition coefficient (Wildman–Crippen LogP) is 8.43. The summed E-state index contributed by atoms with van der Waals surface area (Å²) < 4.78 is 11.1. The van der Waals surface area contributed by atoms with Crippen molar-refractivity contribution in [3.63, 3.8) is 0 Å². The minimum Gasteiger partial charge on any atom is -0.494 e. The molecule has 0 saturated carbocycles. The number of ether oxygens (including phenoxy) is 2. The number of methoxy groups -OCH3 is 2. The molecule has 0 spiro atoms. The van der Waals surface area contributed by atoms with Gasteiger partial charge in [-0.2, -0.15) is 0 Å². The molecular formula is C25H30Cl2O3S2. The number of carbonyl (C=O) groups is 1. The fourth-order valence-corrected chi connectivity index (χ4v) is 5.77. The number of Topliss-reactive ketones (excluding diaryl/α,β-unsaturated/α-hetero) is 1. The topological polar surface area (TPSA) is 35.5 Å². The van der Waals surface area contributed by atoms with E-state index >= 15 is 0 Å². The second kappa shape index (κ2) is 13.4. The fourth-order valence-electron chi connectivity index (χ4n) is 3.37. The van der Waals surface area contributed by atoms with Crippen molar-refractivity contribution in [2.75, 3.05) is 25.7 Å². The van der Waals surface area contributed by atoms with Crippen LogP contribution in [-0.4, -0.2) is 31.5 Å². The van der Waals surface area contributed by atoms with E-state index in [-0.39, 0.29) is 5.78 Å². The normalized spacial score (nSPS) is 10.7. The number of ketones is 1. The van der Waals surface area contributed by atoms with Crippen LogP contribution >= 0.6 is 46.7 Å². The molecule has 0 aliphatic rings. The monoisotopic (exact) mass is 512 g/mol. The van der Waals surface area contributed by atoms with E-state index in [4.69, 9.17) is 32.7 Å². The Hall–Kier alpha value is -1.27. The van der Waals surface area contributed by atoms with Gasteiger partial charge in [-0.1, -0.05) is 43.1 Å². The van der Waals surface area contributed by atoms with Gasteiger partial charge in [-0.3, -0.25) is 0 Å². The number of rotatable bonds is 12. The maximum atomic E-state index is 11.4. The van der Waals surface area contributed by atoms with Crippen LogP contribution in [0.5, 0.6) is 11.5 Å². The summed E-state index contributed by atoms with van der Waals surface area (Å²) >= 11 is 16.6. The first-order chi connectivity index (χ1) is 15.4. The number of hydrogen-bond acceptors (Lipinski definition) is 5. The number of unbranched alkanes of at least 4 members (excludes halogenated alkanes) is 1. The van der Waals surface area contributed by atoms with Crippen LogP contribution in [0.25, 0.3) is 5.57 Å². The third-order valence-electron chi connectivity index (χ3n) is 4.73. The van der Waals surface area contributed by atoms with Crippen LogP contribution in [0, 0.1) is 0 Å². The number of allylic oxidation sites excluding steroid dienone is 1. The SMILES string of the molecule is CCSc1cc(C(=CCCCC(C)=O)c2cc(Cl)c(OC)c(SCC)c2)cc(Cl)c1OC. The average Bonchev–Trinajstić information content (AvgIpc) is 2.73. The molecule has 32 heavy (non-hydrogen) atoms. The molecule has 7 heteroatoms. The molecule has 0 aliphatic carbocycles. The Bertz CT molecular complexity index is 909.